The zero-order chi connectivity index (χ0) is 10.2. The van der Waals surface area contributed by atoms with Crippen LogP contribution in [0.25, 0.3) is 0 Å². The molecule has 0 aliphatic carbocycles. The van der Waals surface area contributed by atoms with E-state index in [9.17, 15) is 0 Å². The highest BCUT2D eigenvalue weighted by Gasteiger charge is 1.89. The van der Waals surface area contributed by atoms with Crippen LogP contribution in [0.1, 0.15) is 18.4 Å². The van der Waals surface area contributed by atoms with Crippen LogP contribution in [-0.4, -0.2) is 13.7 Å². The van der Waals surface area contributed by atoms with Crippen LogP contribution in [-0.2, 0) is 0 Å². The van der Waals surface area contributed by atoms with Gasteiger partial charge >= 0.3 is 0 Å². The largest absolute Gasteiger partial charge is 0.497 e. The number of benzene rings is 1. The van der Waals surface area contributed by atoms with E-state index in [0.29, 0.717) is 6.54 Å². The first kappa shape index (κ1) is 10.6. The summed E-state index contributed by atoms with van der Waals surface area (Å²) < 4.78 is 5.05. The molecular weight excluding hydrogens is 174 g/mol. The molecule has 1 aromatic carbocycles. The van der Waals surface area contributed by atoms with Crippen LogP contribution in [0.3, 0.4) is 0 Å². The maximum Gasteiger partial charge on any atom is 0.118 e. The lowest BCUT2D eigenvalue weighted by molar-refractivity contribution is 0.415. The summed E-state index contributed by atoms with van der Waals surface area (Å²) in [5.41, 5.74) is 6.38. The fraction of sp³-hybridized carbons (Fsp3) is 0.333. The lowest BCUT2D eigenvalue weighted by atomic mass is 10.2. The van der Waals surface area contributed by atoms with Crippen LogP contribution >= 0.6 is 0 Å². The van der Waals surface area contributed by atoms with E-state index in [1.165, 1.54) is 0 Å². The van der Waals surface area contributed by atoms with Gasteiger partial charge in [0.25, 0.3) is 0 Å². The Morgan fingerprint density at radius 1 is 1.29 bits per heavy atom. The van der Waals surface area contributed by atoms with Crippen LogP contribution in [0.15, 0.2) is 24.3 Å². The molecule has 0 aliphatic heterocycles. The van der Waals surface area contributed by atoms with E-state index in [0.717, 1.165) is 24.2 Å². The van der Waals surface area contributed by atoms with Gasteiger partial charge in [0.1, 0.15) is 5.75 Å². The van der Waals surface area contributed by atoms with E-state index in [2.05, 4.69) is 11.8 Å². The molecule has 1 rings (SSSR count). The monoisotopic (exact) mass is 189 g/mol. The molecule has 2 heteroatoms. The summed E-state index contributed by atoms with van der Waals surface area (Å²) in [6.45, 7) is 0.706. The van der Waals surface area contributed by atoms with Gasteiger partial charge in [0, 0.05) is 12.0 Å². The predicted octanol–water partition coefficient (Wildman–Crippen LogP) is 1.79. The van der Waals surface area contributed by atoms with Gasteiger partial charge in [0.15, 0.2) is 0 Å². The first-order valence-electron chi connectivity index (χ1n) is 4.70. The zero-order valence-corrected chi connectivity index (χ0v) is 8.42. The Morgan fingerprint density at radius 2 is 2.00 bits per heavy atom. The molecule has 0 unspecified atom stereocenters. The van der Waals surface area contributed by atoms with Crippen molar-refractivity contribution in [3.63, 3.8) is 0 Å². The van der Waals surface area contributed by atoms with Crippen molar-refractivity contribution in [2.24, 2.45) is 5.73 Å². The van der Waals surface area contributed by atoms with Gasteiger partial charge in [-0.05, 0) is 37.2 Å². The molecule has 2 nitrogen and oxygen atoms in total. The van der Waals surface area contributed by atoms with Crippen LogP contribution in [0, 0.1) is 11.8 Å². The smallest absolute Gasteiger partial charge is 0.118 e. The van der Waals surface area contributed by atoms with Gasteiger partial charge in [-0.2, -0.15) is 0 Å². The predicted molar refractivity (Wildman–Crippen MR) is 58.2 cm³/mol. The molecule has 0 aromatic heterocycles. The van der Waals surface area contributed by atoms with Crippen LogP contribution in [0.2, 0.25) is 0 Å². The first-order chi connectivity index (χ1) is 6.86. The van der Waals surface area contributed by atoms with Gasteiger partial charge in [-0.15, -0.1) is 0 Å². The van der Waals surface area contributed by atoms with Crippen molar-refractivity contribution in [3.05, 3.63) is 29.8 Å². The van der Waals surface area contributed by atoms with Crippen molar-refractivity contribution in [2.45, 2.75) is 12.8 Å². The molecule has 1 aromatic rings. The molecule has 2 N–H and O–H groups in total. The van der Waals surface area contributed by atoms with Gasteiger partial charge in [0.05, 0.1) is 7.11 Å². The molecule has 0 heterocycles. The van der Waals surface area contributed by atoms with Crippen molar-refractivity contribution in [1.82, 2.24) is 0 Å². The molecular formula is C12H15NO. The third kappa shape index (κ3) is 3.51. The molecule has 0 saturated carbocycles. The minimum atomic E-state index is 0.706. The summed E-state index contributed by atoms with van der Waals surface area (Å²) in [7, 11) is 1.65. The van der Waals surface area contributed by atoms with Crippen molar-refractivity contribution in [1.29, 1.82) is 0 Å². The standard InChI is InChI=1S/C12H15NO/c1-14-12-8-6-11(7-9-12)5-3-2-4-10-13/h6-9H,2,4,10,13H2,1H3. The quantitative estimate of drug-likeness (QED) is 0.581. The minimum absolute atomic E-state index is 0.706. The zero-order valence-electron chi connectivity index (χ0n) is 8.42. The molecule has 74 valence electrons. The number of ether oxygens (including phenoxy) is 1. The fourth-order valence-corrected chi connectivity index (χ4v) is 1.03. The summed E-state index contributed by atoms with van der Waals surface area (Å²) >= 11 is 0. The van der Waals surface area contributed by atoms with Crippen LogP contribution in [0.5, 0.6) is 5.75 Å². The van der Waals surface area contributed by atoms with E-state index >= 15 is 0 Å². The Hall–Kier alpha value is -1.46. The summed E-state index contributed by atoms with van der Waals surface area (Å²) in [6.07, 6.45) is 1.83. The maximum absolute atomic E-state index is 5.36. The Bertz CT molecular complexity index is 318. The summed E-state index contributed by atoms with van der Waals surface area (Å²) in [5, 5.41) is 0. The molecule has 0 fully saturated rings. The number of nitrogens with two attached hydrogens (primary N) is 1. The van der Waals surface area contributed by atoms with E-state index in [-0.39, 0.29) is 0 Å². The van der Waals surface area contributed by atoms with Gasteiger partial charge in [-0.1, -0.05) is 11.8 Å². The number of rotatable bonds is 3. The molecule has 0 atom stereocenters. The Kier molecular flexibility index (Phi) is 4.60. The van der Waals surface area contributed by atoms with E-state index < -0.39 is 0 Å². The molecule has 0 spiro atoms. The van der Waals surface area contributed by atoms with Crippen molar-refractivity contribution < 1.29 is 4.74 Å². The van der Waals surface area contributed by atoms with Crippen LogP contribution in [0.4, 0.5) is 0 Å². The highest BCUT2D eigenvalue weighted by atomic mass is 16.5. The topological polar surface area (TPSA) is 35.2 Å². The van der Waals surface area contributed by atoms with E-state index in [1.807, 2.05) is 24.3 Å². The van der Waals surface area contributed by atoms with Crippen molar-refractivity contribution >= 4 is 0 Å². The van der Waals surface area contributed by atoms with Gasteiger partial charge in [-0.3, -0.25) is 0 Å². The molecule has 0 aliphatic rings. The maximum atomic E-state index is 5.36. The van der Waals surface area contributed by atoms with E-state index in [1.54, 1.807) is 7.11 Å². The van der Waals surface area contributed by atoms with Crippen molar-refractivity contribution in [2.75, 3.05) is 13.7 Å². The lowest BCUT2D eigenvalue weighted by Gasteiger charge is -1.97. The van der Waals surface area contributed by atoms with Gasteiger partial charge in [-0.25, -0.2) is 0 Å². The number of unbranched alkanes of at least 4 members (excludes halogenated alkanes) is 1. The van der Waals surface area contributed by atoms with Gasteiger partial charge < -0.3 is 10.5 Å². The Morgan fingerprint density at radius 3 is 2.57 bits per heavy atom. The van der Waals surface area contributed by atoms with E-state index in [4.69, 9.17) is 10.5 Å². The third-order valence-electron chi connectivity index (χ3n) is 1.83. The second kappa shape index (κ2) is 6.06. The van der Waals surface area contributed by atoms with Crippen molar-refractivity contribution in [3.8, 4) is 17.6 Å². The minimum Gasteiger partial charge on any atom is -0.497 e. The Labute approximate surface area is 85.1 Å². The molecule has 0 amide bonds. The first-order valence-corrected chi connectivity index (χ1v) is 4.70. The number of hydrogen-bond donors (Lipinski definition) is 1. The second-order valence-corrected chi connectivity index (χ2v) is 2.92. The number of methoxy groups -OCH3 is 1. The summed E-state index contributed by atoms with van der Waals surface area (Å²) in [6, 6.07) is 7.72. The second-order valence-electron chi connectivity index (χ2n) is 2.92. The number of hydrogen-bond acceptors (Lipinski definition) is 2. The summed E-state index contributed by atoms with van der Waals surface area (Å²) in [4.78, 5) is 0. The average molecular weight is 189 g/mol. The SMILES string of the molecule is COc1ccc(C#CCCCN)cc1. The lowest BCUT2D eigenvalue weighted by Crippen LogP contribution is -1.96. The fourth-order valence-electron chi connectivity index (χ4n) is 1.03. The average Bonchev–Trinajstić information content (AvgIpc) is 2.25. The molecule has 0 saturated heterocycles. The molecule has 0 radical (unpaired) electrons. The van der Waals surface area contributed by atoms with Crippen LogP contribution < -0.4 is 10.5 Å². The molecule has 14 heavy (non-hydrogen) atoms. The third-order valence-corrected chi connectivity index (χ3v) is 1.83. The highest BCUT2D eigenvalue weighted by Crippen LogP contribution is 2.10. The normalized spacial score (nSPS) is 9.00. The molecule has 0 bridgehead atoms. The van der Waals surface area contributed by atoms with Gasteiger partial charge in [0.2, 0.25) is 0 Å². The Balaban J connectivity index is 2.53. The highest BCUT2D eigenvalue weighted by molar-refractivity contribution is 5.38. The summed E-state index contributed by atoms with van der Waals surface area (Å²) in [5.74, 6) is 7.00.